The highest BCUT2D eigenvalue weighted by atomic mass is 32.2. The van der Waals surface area contributed by atoms with Gasteiger partial charge in [0.15, 0.2) is 0 Å². The molecule has 1 aromatic carbocycles. The standard InChI is InChI=1S/C17H20N2O3S2/c1-19(17(20)14-7-9-24(21,22)10-8-14)11-15-12-23-16(18-15)13-5-3-2-4-6-13/h2-6,12,14H,7-11H2,1H3. The second-order valence-corrected chi connectivity index (χ2v) is 9.29. The number of rotatable bonds is 4. The van der Waals surface area contributed by atoms with Gasteiger partial charge in [0.1, 0.15) is 14.8 Å². The SMILES string of the molecule is CN(Cc1csc(-c2ccccc2)n1)C(=O)C1CCS(=O)(=O)CC1. The zero-order valence-electron chi connectivity index (χ0n) is 13.5. The van der Waals surface area contributed by atoms with Crippen molar-refractivity contribution in [3.05, 3.63) is 41.4 Å². The summed E-state index contributed by atoms with van der Waals surface area (Å²) < 4.78 is 23.0. The lowest BCUT2D eigenvalue weighted by molar-refractivity contribution is -0.135. The van der Waals surface area contributed by atoms with E-state index in [1.807, 2.05) is 35.7 Å². The van der Waals surface area contributed by atoms with Gasteiger partial charge in [0.05, 0.1) is 23.7 Å². The summed E-state index contributed by atoms with van der Waals surface area (Å²) in [6.07, 6.45) is 0.857. The third-order valence-corrected chi connectivity index (χ3v) is 6.91. The lowest BCUT2D eigenvalue weighted by Crippen LogP contribution is -2.37. The predicted octanol–water partition coefficient (Wildman–Crippen LogP) is 2.59. The van der Waals surface area contributed by atoms with Gasteiger partial charge in [0, 0.05) is 23.9 Å². The van der Waals surface area contributed by atoms with E-state index in [0.29, 0.717) is 19.4 Å². The maximum Gasteiger partial charge on any atom is 0.225 e. The molecule has 0 atom stereocenters. The van der Waals surface area contributed by atoms with Crippen molar-refractivity contribution in [2.75, 3.05) is 18.6 Å². The summed E-state index contributed by atoms with van der Waals surface area (Å²) in [5, 5.41) is 2.91. The highest BCUT2D eigenvalue weighted by Crippen LogP contribution is 2.25. The molecule has 0 radical (unpaired) electrons. The fourth-order valence-corrected chi connectivity index (χ4v) is 5.17. The van der Waals surface area contributed by atoms with Gasteiger partial charge in [-0.25, -0.2) is 13.4 Å². The van der Waals surface area contributed by atoms with E-state index in [1.54, 1.807) is 23.3 Å². The van der Waals surface area contributed by atoms with Gasteiger partial charge in [-0.1, -0.05) is 30.3 Å². The first kappa shape index (κ1) is 17.1. The zero-order chi connectivity index (χ0) is 17.2. The molecule has 0 spiro atoms. The van der Waals surface area contributed by atoms with E-state index in [0.717, 1.165) is 16.3 Å². The average Bonchev–Trinajstić information content (AvgIpc) is 3.03. The quantitative estimate of drug-likeness (QED) is 0.836. The topological polar surface area (TPSA) is 67.3 Å². The third-order valence-electron chi connectivity index (χ3n) is 4.25. The zero-order valence-corrected chi connectivity index (χ0v) is 15.1. The van der Waals surface area contributed by atoms with Crippen LogP contribution in [0, 0.1) is 5.92 Å². The molecule has 0 aliphatic carbocycles. The lowest BCUT2D eigenvalue weighted by atomic mass is 10.0. The highest BCUT2D eigenvalue weighted by Gasteiger charge is 2.30. The number of carbonyl (C=O) groups is 1. The molecule has 0 saturated carbocycles. The van der Waals surface area contributed by atoms with Crippen LogP contribution in [-0.4, -0.2) is 42.8 Å². The minimum Gasteiger partial charge on any atom is -0.340 e. The number of thiazole rings is 1. The Labute approximate surface area is 146 Å². The van der Waals surface area contributed by atoms with Crippen LogP contribution in [0.25, 0.3) is 10.6 Å². The molecule has 1 aromatic heterocycles. The van der Waals surface area contributed by atoms with Crippen LogP contribution < -0.4 is 0 Å². The Bertz CT molecular complexity index is 801. The molecule has 5 nitrogen and oxygen atoms in total. The summed E-state index contributed by atoms with van der Waals surface area (Å²) in [4.78, 5) is 18.8. The van der Waals surface area contributed by atoms with Crippen LogP contribution in [0.1, 0.15) is 18.5 Å². The molecule has 7 heteroatoms. The molecular formula is C17H20N2O3S2. The van der Waals surface area contributed by atoms with Gasteiger partial charge in [-0.05, 0) is 12.8 Å². The summed E-state index contributed by atoms with van der Waals surface area (Å²) in [6, 6.07) is 9.95. The monoisotopic (exact) mass is 364 g/mol. The maximum atomic E-state index is 12.5. The number of amides is 1. The summed E-state index contributed by atoms with van der Waals surface area (Å²) >= 11 is 1.56. The number of sulfone groups is 1. The molecular weight excluding hydrogens is 344 g/mol. The Morgan fingerprint density at radius 1 is 1.25 bits per heavy atom. The Kier molecular flexibility index (Phi) is 5.01. The highest BCUT2D eigenvalue weighted by molar-refractivity contribution is 7.91. The largest absolute Gasteiger partial charge is 0.340 e. The number of nitrogens with zero attached hydrogens (tertiary/aromatic N) is 2. The van der Waals surface area contributed by atoms with Crippen molar-refractivity contribution in [1.82, 2.24) is 9.88 Å². The van der Waals surface area contributed by atoms with Crippen molar-refractivity contribution in [1.29, 1.82) is 0 Å². The van der Waals surface area contributed by atoms with Crippen molar-refractivity contribution in [2.24, 2.45) is 5.92 Å². The molecule has 1 fully saturated rings. The van der Waals surface area contributed by atoms with Crippen LogP contribution in [0.2, 0.25) is 0 Å². The minimum atomic E-state index is -2.94. The van der Waals surface area contributed by atoms with E-state index in [2.05, 4.69) is 4.98 Å². The fourth-order valence-electron chi connectivity index (χ4n) is 2.86. The van der Waals surface area contributed by atoms with Gasteiger partial charge in [-0.3, -0.25) is 4.79 Å². The molecule has 2 heterocycles. The first-order valence-electron chi connectivity index (χ1n) is 7.90. The normalized spacial score (nSPS) is 17.5. The van der Waals surface area contributed by atoms with Crippen molar-refractivity contribution < 1.29 is 13.2 Å². The van der Waals surface area contributed by atoms with Crippen LogP contribution in [0.5, 0.6) is 0 Å². The first-order chi connectivity index (χ1) is 11.4. The first-order valence-corrected chi connectivity index (χ1v) is 10.6. The van der Waals surface area contributed by atoms with Crippen LogP contribution in [0.3, 0.4) is 0 Å². The van der Waals surface area contributed by atoms with Crippen molar-refractivity contribution in [3.8, 4) is 10.6 Å². The van der Waals surface area contributed by atoms with Gasteiger partial charge in [0.25, 0.3) is 0 Å². The van der Waals surface area contributed by atoms with Crippen molar-refractivity contribution >= 4 is 27.1 Å². The Balaban J connectivity index is 1.62. The maximum absolute atomic E-state index is 12.5. The smallest absolute Gasteiger partial charge is 0.225 e. The van der Waals surface area contributed by atoms with E-state index in [-0.39, 0.29) is 23.3 Å². The van der Waals surface area contributed by atoms with E-state index in [1.165, 1.54) is 0 Å². The summed E-state index contributed by atoms with van der Waals surface area (Å²) in [7, 11) is -1.19. The molecule has 1 saturated heterocycles. The molecule has 1 aliphatic heterocycles. The lowest BCUT2D eigenvalue weighted by Gasteiger charge is -2.26. The van der Waals surface area contributed by atoms with Gasteiger partial charge in [-0.2, -0.15) is 0 Å². The van der Waals surface area contributed by atoms with Gasteiger partial charge in [0.2, 0.25) is 5.91 Å². The molecule has 1 amide bonds. The number of carbonyl (C=O) groups excluding carboxylic acids is 1. The summed E-state index contributed by atoms with van der Waals surface area (Å²) in [5.41, 5.74) is 1.93. The molecule has 0 bridgehead atoms. The Morgan fingerprint density at radius 2 is 1.92 bits per heavy atom. The molecule has 3 rings (SSSR count). The van der Waals surface area contributed by atoms with Gasteiger partial charge < -0.3 is 4.90 Å². The molecule has 0 unspecified atom stereocenters. The second-order valence-electron chi connectivity index (χ2n) is 6.13. The van der Waals surface area contributed by atoms with Gasteiger partial charge in [-0.15, -0.1) is 11.3 Å². The predicted molar refractivity (Wildman–Crippen MR) is 95.4 cm³/mol. The Hall–Kier alpha value is -1.73. The van der Waals surface area contributed by atoms with Crippen LogP contribution in [0.4, 0.5) is 0 Å². The molecule has 2 aromatic rings. The van der Waals surface area contributed by atoms with E-state index in [9.17, 15) is 13.2 Å². The van der Waals surface area contributed by atoms with Crippen LogP contribution >= 0.6 is 11.3 Å². The summed E-state index contributed by atoms with van der Waals surface area (Å²) in [5.74, 6) is 0.0583. The van der Waals surface area contributed by atoms with Crippen LogP contribution in [-0.2, 0) is 21.2 Å². The minimum absolute atomic E-state index is 0.0131. The number of hydrogen-bond acceptors (Lipinski definition) is 5. The summed E-state index contributed by atoms with van der Waals surface area (Å²) in [6.45, 7) is 0.450. The number of hydrogen-bond donors (Lipinski definition) is 0. The van der Waals surface area contributed by atoms with Crippen molar-refractivity contribution in [3.63, 3.8) is 0 Å². The van der Waals surface area contributed by atoms with E-state index < -0.39 is 9.84 Å². The molecule has 128 valence electrons. The number of benzene rings is 1. The molecule has 24 heavy (non-hydrogen) atoms. The third kappa shape index (κ3) is 4.02. The Morgan fingerprint density at radius 3 is 2.58 bits per heavy atom. The average molecular weight is 364 g/mol. The van der Waals surface area contributed by atoms with E-state index >= 15 is 0 Å². The van der Waals surface area contributed by atoms with Crippen molar-refractivity contribution in [2.45, 2.75) is 19.4 Å². The fraction of sp³-hybridized carbons (Fsp3) is 0.412. The van der Waals surface area contributed by atoms with Crippen LogP contribution in [0.15, 0.2) is 35.7 Å². The van der Waals surface area contributed by atoms with Gasteiger partial charge >= 0.3 is 0 Å². The molecule has 0 N–H and O–H groups in total. The molecule has 1 aliphatic rings. The van der Waals surface area contributed by atoms with E-state index in [4.69, 9.17) is 0 Å². The number of aromatic nitrogens is 1. The second kappa shape index (κ2) is 7.03.